The van der Waals surface area contributed by atoms with Gasteiger partial charge in [-0.3, -0.25) is 14.4 Å². The number of hydrogen-bond acceptors (Lipinski definition) is 4. The van der Waals surface area contributed by atoms with Gasteiger partial charge in [0.15, 0.2) is 11.7 Å². The molecule has 152 valence electrons. The molecule has 0 spiro atoms. The minimum absolute atomic E-state index is 0.171. The van der Waals surface area contributed by atoms with Crippen molar-refractivity contribution in [1.29, 1.82) is 0 Å². The number of aliphatic carboxylic acids is 2. The number of rotatable bonds is 9. The van der Waals surface area contributed by atoms with Crippen LogP contribution in [0, 0.1) is 5.92 Å². The van der Waals surface area contributed by atoms with Crippen LogP contribution < -0.4 is 4.74 Å². The number of ketones is 1. The maximum absolute atomic E-state index is 12.7. The van der Waals surface area contributed by atoms with Gasteiger partial charge in [0.05, 0.1) is 0 Å². The Labute approximate surface area is 173 Å². The van der Waals surface area contributed by atoms with E-state index in [0.29, 0.717) is 22.6 Å². The van der Waals surface area contributed by atoms with Gasteiger partial charge in [0.1, 0.15) is 11.5 Å². The van der Waals surface area contributed by atoms with Crippen molar-refractivity contribution in [2.24, 2.45) is 5.92 Å². The molecule has 0 amide bonds. The van der Waals surface area contributed by atoms with E-state index in [1.54, 1.807) is 36.4 Å². The fraction of sp³-hybridized carbons (Fsp3) is 0.125. The summed E-state index contributed by atoms with van der Waals surface area (Å²) in [5.41, 5.74) is 1.91. The predicted octanol–water partition coefficient (Wildman–Crippen LogP) is 4.89. The molecule has 6 nitrogen and oxygen atoms in total. The van der Waals surface area contributed by atoms with Crippen molar-refractivity contribution in [3.63, 3.8) is 0 Å². The molecule has 0 bridgehead atoms. The van der Waals surface area contributed by atoms with Crippen LogP contribution in [0.5, 0.6) is 11.5 Å². The molecule has 0 aliphatic carbocycles. The summed E-state index contributed by atoms with van der Waals surface area (Å²) < 4.78 is 5.78. The molecule has 0 aromatic heterocycles. The Bertz CT molecular complexity index is 1030. The molecule has 0 heterocycles. The molecule has 6 heteroatoms. The third-order valence-electron chi connectivity index (χ3n) is 4.63. The molecule has 3 rings (SSSR count). The topological polar surface area (TPSA) is 101 Å². The van der Waals surface area contributed by atoms with Crippen molar-refractivity contribution >= 4 is 17.7 Å². The number of ether oxygens (including phenoxy) is 1. The van der Waals surface area contributed by atoms with Gasteiger partial charge in [0, 0.05) is 12.0 Å². The van der Waals surface area contributed by atoms with E-state index in [0.717, 1.165) is 5.56 Å². The maximum atomic E-state index is 12.7. The summed E-state index contributed by atoms with van der Waals surface area (Å²) in [6.07, 6.45) is -0.433. The third kappa shape index (κ3) is 5.11. The Hall–Kier alpha value is -3.93. The van der Waals surface area contributed by atoms with E-state index in [-0.39, 0.29) is 18.6 Å². The molecule has 3 aromatic rings. The van der Waals surface area contributed by atoms with Crippen LogP contribution in [0.25, 0.3) is 11.1 Å². The Morgan fingerprint density at radius 3 is 1.93 bits per heavy atom. The number of para-hydroxylation sites is 1. The number of carboxylic acids is 2. The molecule has 0 atom stereocenters. The van der Waals surface area contributed by atoms with E-state index in [4.69, 9.17) is 14.9 Å². The molecule has 30 heavy (non-hydrogen) atoms. The Morgan fingerprint density at radius 1 is 0.733 bits per heavy atom. The highest BCUT2D eigenvalue weighted by atomic mass is 16.5. The van der Waals surface area contributed by atoms with Gasteiger partial charge in [-0.2, -0.15) is 0 Å². The van der Waals surface area contributed by atoms with Crippen LogP contribution in [0.3, 0.4) is 0 Å². The Balaban J connectivity index is 1.77. The summed E-state index contributed by atoms with van der Waals surface area (Å²) in [6, 6.07) is 23.6. The van der Waals surface area contributed by atoms with Crippen LogP contribution in [-0.4, -0.2) is 27.9 Å². The number of carbonyl (C=O) groups excluding carboxylic acids is 1. The van der Waals surface area contributed by atoms with Crippen LogP contribution >= 0.6 is 0 Å². The van der Waals surface area contributed by atoms with E-state index in [1.807, 2.05) is 42.5 Å². The number of carboxylic acid groups (broad SMARTS) is 2. The highest BCUT2D eigenvalue weighted by Gasteiger charge is 2.26. The number of Topliss-reactive ketones (excluding diaryl/α,β-unsaturated/α-hetero) is 1. The second kappa shape index (κ2) is 9.52. The van der Waals surface area contributed by atoms with Crippen molar-refractivity contribution in [2.45, 2.75) is 12.8 Å². The molecule has 0 radical (unpaired) electrons. The Morgan fingerprint density at radius 2 is 1.30 bits per heavy atom. The van der Waals surface area contributed by atoms with Gasteiger partial charge in [-0.25, -0.2) is 0 Å². The summed E-state index contributed by atoms with van der Waals surface area (Å²) in [5.74, 6) is -3.43. The molecule has 0 saturated carbocycles. The lowest BCUT2D eigenvalue weighted by molar-refractivity contribution is -0.154. The van der Waals surface area contributed by atoms with E-state index in [1.165, 1.54) is 0 Å². The highest BCUT2D eigenvalue weighted by molar-refractivity contribution is 6.03. The molecule has 0 aliphatic heterocycles. The van der Waals surface area contributed by atoms with Crippen LogP contribution in [-0.2, 0) is 9.59 Å². The van der Waals surface area contributed by atoms with Crippen LogP contribution in [0.1, 0.15) is 23.2 Å². The summed E-state index contributed by atoms with van der Waals surface area (Å²) in [4.78, 5) is 34.8. The third-order valence-corrected chi connectivity index (χ3v) is 4.63. The quantitative estimate of drug-likeness (QED) is 0.389. The number of hydrogen-bond donors (Lipinski definition) is 2. The molecular formula is C24H20O6. The lowest BCUT2D eigenvalue weighted by Crippen LogP contribution is -2.24. The Kier molecular flexibility index (Phi) is 6.60. The van der Waals surface area contributed by atoms with Crippen LogP contribution in [0.4, 0.5) is 0 Å². The molecular weight excluding hydrogens is 384 g/mol. The van der Waals surface area contributed by atoms with E-state index in [9.17, 15) is 14.4 Å². The molecule has 3 aromatic carbocycles. The summed E-state index contributed by atoms with van der Waals surface area (Å²) in [7, 11) is 0. The maximum Gasteiger partial charge on any atom is 0.317 e. The average molecular weight is 404 g/mol. The first-order valence-electron chi connectivity index (χ1n) is 9.37. The fourth-order valence-corrected chi connectivity index (χ4v) is 3.07. The first-order chi connectivity index (χ1) is 14.5. The molecule has 0 saturated heterocycles. The zero-order valence-electron chi connectivity index (χ0n) is 16.0. The van der Waals surface area contributed by atoms with Gasteiger partial charge in [0.25, 0.3) is 0 Å². The average Bonchev–Trinajstić information content (AvgIpc) is 2.74. The zero-order valence-corrected chi connectivity index (χ0v) is 16.0. The normalized spacial score (nSPS) is 10.6. The predicted molar refractivity (Wildman–Crippen MR) is 111 cm³/mol. The lowest BCUT2D eigenvalue weighted by atomic mass is 9.93. The fourth-order valence-electron chi connectivity index (χ4n) is 3.07. The van der Waals surface area contributed by atoms with Gasteiger partial charge < -0.3 is 14.9 Å². The SMILES string of the molecule is O=C(CCC(C(=O)O)C(=O)O)c1ccccc1-c1ccc(Oc2ccccc2)cc1. The van der Waals surface area contributed by atoms with Crippen molar-refractivity contribution in [3.05, 3.63) is 84.4 Å². The second-order valence-electron chi connectivity index (χ2n) is 6.68. The number of carbonyl (C=O) groups is 3. The van der Waals surface area contributed by atoms with Gasteiger partial charge in [-0.15, -0.1) is 0 Å². The van der Waals surface area contributed by atoms with E-state index < -0.39 is 17.9 Å². The van der Waals surface area contributed by atoms with Crippen molar-refractivity contribution < 1.29 is 29.3 Å². The van der Waals surface area contributed by atoms with Gasteiger partial charge in [0.2, 0.25) is 0 Å². The first-order valence-corrected chi connectivity index (χ1v) is 9.37. The standard InChI is InChI=1S/C24H20O6/c25-22(15-14-21(23(26)27)24(28)29)20-9-5-4-8-19(20)16-10-12-18(13-11-16)30-17-6-2-1-3-7-17/h1-13,21H,14-15H2,(H,26,27)(H,28,29). The van der Waals surface area contributed by atoms with Crippen molar-refractivity contribution in [1.82, 2.24) is 0 Å². The van der Waals surface area contributed by atoms with E-state index >= 15 is 0 Å². The minimum Gasteiger partial charge on any atom is -0.481 e. The molecule has 2 N–H and O–H groups in total. The highest BCUT2D eigenvalue weighted by Crippen LogP contribution is 2.29. The lowest BCUT2D eigenvalue weighted by Gasteiger charge is -2.11. The van der Waals surface area contributed by atoms with Crippen LogP contribution in [0.15, 0.2) is 78.9 Å². The van der Waals surface area contributed by atoms with Gasteiger partial charge in [-0.1, -0.05) is 54.6 Å². The minimum atomic E-state index is -1.60. The zero-order chi connectivity index (χ0) is 21.5. The van der Waals surface area contributed by atoms with Gasteiger partial charge in [-0.05, 0) is 41.8 Å². The molecule has 0 fully saturated rings. The smallest absolute Gasteiger partial charge is 0.317 e. The largest absolute Gasteiger partial charge is 0.481 e. The monoisotopic (exact) mass is 404 g/mol. The summed E-state index contributed by atoms with van der Waals surface area (Å²) in [5, 5.41) is 18.0. The van der Waals surface area contributed by atoms with Gasteiger partial charge >= 0.3 is 11.9 Å². The van der Waals surface area contributed by atoms with Crippen molar-refractivity contribution in [3.8, 4) is 22.6 Å². The first kappa shape index (κ1) is 20.8. The van der Waals surface area contributed by atoms with E-state index in [2.05, 4.69) is 0 Å². The molecule has 0 unspecified atom stereocenters. The van der Waals surface area contributed by atoms with Crippen molar-refractivity contribution in [2.75, 3.05) is 0 Å². The second-order valence-corrected chi connectivity index (χ2v) is 6.68. The van der Waals surface area contributed by atoms with Crippen LogP contribution in [0.2, 0.25) is 0 Å². The molecule has 0 aliphatic rings. The summed E-state index contributed by atoms with van der Waals surface area (Å²) >= 11 is 0. The summed E-state index contributed by atoms with van der Waals surface area (Å²) in [6.45, 7) is 0. The number of benzene rings is 3.